The number of carbonyl (C=O) groups is 1. The van der Waals surface area contributed by atoms with Crippen molar-refractivity contribution in [3.8, 4) is 5.75 Å². The van der Waals surface area contributed by atoms with Crippen LogP contribution in [0.3, 0.4) is 0 Å². The van der Waals surface area contributed by atoms with E-state index in [1.807, 2.05) is 13.0 Å². The first-order valence-corrected chi connectivity index (χ1v) is 5.98. The van der Waals surface area contributed by atoms with Crippen molar-refractivity contribution >= 4 is 5.91 Å². The maximum Gasteiger partial charge on any atom is 0.255 e. The van der Waals surface area contributed by atoms with Crippen molar-refractivity contribution in [3.63, 3.8) is 0 Å². The van der Waals surface area contributed by atoms with E-state index in [1.54, 1.807) is 12.1 Å². The minimum absolute atomic E-state index is 0.0475. The molecule has 1 aromatic carbocycles. The summed E-state index contributed by atoms with van der Waals surface area (Å²) < 4.78 is 0. The first-order chi connectivity index (χ1) is 8.16. The molecule has 0 aliphatic carbocycles. The first kappa shape index (κ1) is 11.9. The molecule has 2 rings (SSSR count). The van der Waals surface area contributed by atoms with Gasteiger partial charge in [0, 0.05) is 12.6 Å². The lowest BCUT2D eigenvalue weighted by molar-refractivity contribution is 0.0928. The standard InChI is InChI=1S/C13H18N2O2/c1-9-4-5-11(12(16)7-9)13(17)15-10-3-2-6-14-8-10/h4-5,7,10,14,16H,2-3,6,8H2,1H3,(H,15,17)/t10-/m0/s1. The number of carbonyl (C=O) groups excluding carboxylic acids is 1. The number of aromatic hydroxyl groups is 1. The van der Waals surface area contributed by atoms with Gasteiger partial charge in [-0.3, -0.25) is 4.79 Å². The molecule has 1 aromatic rings. The Hall–Kier alpha value is -1.55. The fraction of sp³-hybridized carbons (Fsp3) is 0.462. The molecule has 17 heavy (non-hydrogen) atoms. The Morgan fingerprint density at radius 3 is 3.00 bits per heavy atom. The third kappa shape index (κ3) is 2.97. The Kier molecular flexibility index (Phi) is 3.64. The number of phenols is 1. The third-order valence-corrected chi connectivity index (χ3v) is 3.03. The Morgan fingerprint density at radius 1 is 1.53 bits per heavy atom. The van der Waals surface area contributed by atoms with Crippen LogP contribution in [0, 0.1) is 6.92 Å². The Balaban J connectivity index is 2.03. The average molecular weight is 234 g/mol. The zero-order chi connectivity index (χ0) is 12.3. The van der Waals surface area contributed by atoms with Gasteiger partial charge in [-0.15, -0.1) is 0 Å². The van der Waals surface area contributed by atoms with E-state index in [1.165, 1.54) is 0 Å². The van der Waals surface area contributed by atoms with Crippen LogP contribution in [0.25, 0.3) is 0 Å². The molecule has 0 bridgehead atoms. The predicted molar refractivity (Wildman–Crippen MR) is 66.2 cm³/mol. The van der Waals surface area contributed by atoms with Gasteiger partial charge in [0.25, 0.3) is 5.91 Å². The van der Waals surface area contributed by atoms with Crippen molar-refractivity contribution < 1.29 is 9.90 Å². The molecular formula is C13H18N2O2. The van der Waals surface area contributed by atoms with Crippen LogP contribution in [-0.2, 0) is 0 Å². The van der Waals surface area contributed by atoms with Gasteiger partial charge in [-0.05, 0) is 44.0 Å². The van der Waals surface area contributed by atoms with Crippen molar-refractivity contribution in [1.82, 2.24) is 10.6 Å². The van der Waals surface area contributed by atoms with E-state index in [4.69, 9.17) is 0 Å². The summed E-state index contributed by atoms with van der Waals surface area (Å²) in [5.74, 6) is -0.150. The number of amides is 1. The molecule has 1 aliphatic rings. The number of rotatable bonds is 2. The van der Waals surface area contributed by atoms with E-state index >= 15 is 0 Å². The zero-order valence-corrected chi connectivity index (χ0v) is 9.99. The average Bonchev–Trinajstić information content (AvgIpc) is 2.30. The van der Waals surface area contributed by atoms with Crippen LogP contribution in [0.5, 0.6) is 5.75 Å². The summed E-state index contributed by atoms with van der Waals surface area (Å²) >= 11 is 0. The summed E-state index contributed by atoms with van der Waals surface area (Å²) in [7, 11) is 0. The molecule has 0 unspecified atom stereocenters. The van der Waals surface area contributed by atoms with E-state index in [9.17, 15) is 9.90 Å². The van der Waals surface area contributed by atoms with Crippen molar-refractivity contribution in [2.24, 2.45) is 0 Å². The molecule has 3 N–H and O–H groups in total. The van der Waals surface area contributed by atoms with Crippen LogP contribution in [0.4, 0.5) is 0 Å². The molecule has 0 spiro atoms. The zero-order valence-electron chi connectivity index (χ0n) is 9.99. The molecule has 0 aromatic heterocycles. The van der Waals surface area contributed by atoms with E-state index in [2.05, 4.69) is 10.6 Å². The van der Waals surface area contributed by atoms with Crippen LogP contribution < -0.4 is 10.6 Å². The fourth-order valence-corrected chi connectivity index (χ4v) is 2.07. The lowest BCUT2D eigenvalue weighted by Gasteiger charge is -2.23. The highest BCUT2D eigenvalue weighted by Gasteiger charge is 2.18. The summed E-state index contributed by atoms with van der Waals surface area (Å²) in [5.41, 5.74) is 1.29. The number of benzene rings is 1. The van der Waals surface area contributed by atoms with Crippen LogP contribution in [0.15, 0.2) is 18.2 Å². The molecule has 1 heterocycles. The first-order valence-electron chi connectivity index (χ1n) is 5.98. The lowest BCUT2D eigenvalue weighted by atomic mass is 10.1. The quantitative estimate of drug-likeness (QED) is 0.720. The predicted octanol–water partition coefficient (Wildman–Crippen LogP) is 1.18. The van der Waals surface area contributed by atoms with Crippen molar-refractivity contribution in [3.05, 3.63) is 29.3 Å². The highest BCUT2D eigenvalue weighted by atomic mass is 16.3. The van der Waals surface area contributed by atoms with E-state index in [-0.39, 0.29) is 17.7 Å². The molecule has 1 aliphatic heterocycles. The number of piperidine rings is 1. The van der Waals surface area contributed by atoms with Crippen molar-refractivity contribution in [1.29, 1.82) is 0 Å². The van der Waals surface area contributed by atoms with Crippen molar-refractivity contribution in [2.75, 3.05) is 13.1 Å². The molecule has 0 radical (unpaired) electrons. The van der Waals surface area contributed by atoms with Gasteiger partial charge in [0.05, 0.1) is 5.56 Å². The Morgan fingerprint density at radius 2 is 2.35 bits per heavy atom. The minimum Gasteiger partial charge on any atom is -0.507 e. The summed E-state index contributed by atoms with van der Waals surface area (Å²) in [4.78, 5) is 11.9. The van der Waals surface area contributed by atoms with Gasteiger partial charge in [-0.25, -0.2) is 0 Å². The van der Waals surface area contributed by atoms with Crippen molar-refractivity contribution in [2.45, 2.75) is 25.8 Å². The number of nitrogens with one attached hydrogen (secondary N) is 2. The molecule has 4 heteroatoms. The topological polar surface area (TPSA) is 61.4 Å². The van der Waals surface area contributed by atoms with Crippen LogP contribution in [0.1, 0.15) is 28.8 Å². The van der Waals surface area contributed by atoms with Crippen LogP contribution >= 0.6 is 0 Å². The highest BCUT2D eigenvalue weighted by molar-refractivity contribution is 5.97. The normalized spacial score (nSPS) is 19.9. The number of phenolic OH excluding ortho intramolecular Hbond substituents is 1. The van der Waals surface area contributed by atoms with E-state index in [0.717, 1.165) is 31.5 Å². The molecule has 1 amide bonds. The van der Waals surface area contributed by atoms with Gasteiger partial charge in [0.15, 0.2) is 0 Å². The SMILES string of the molecule is Cc1ccc(C(=O)N[C@H]2CCCNC2)c(O)c1. The summed E-state index contributed by atoms with van der Waals surface area (Å²) in [5, 5.41) is 15.9. The van der Waals surface area contributed by atoms with Crippen LogP contribution in [0.2, 0.25) is 0 Å². The molecule has 0 saturated carbocycles. The second kappa shape index (κ2) is 5.19. The van der Waals surface area contributed by atoms with E-state index in [0.29, 0.717) is 5.56 Å². The van der Waals surface area contributed by atoms with E-state index < -0.39 is 0 Å². The number of aryl methyl sites for hydroxylation is 1. The van der Waals surface area contributed by atoms with Gasteiger partial charge in [-0.1, -0.05) is 6.07 Å². The summed E-state index contributed by atoms with van der Waals surface area (Å²) in [6.45, 7) is 3.70. The molecule has 1 saturated heterocycles. The monoisotopic (exact) mass is 234 g/mol. The fourth-order valence-electron chi connectivity index (χ4n) is 2.07. The highest BCUT2D eigenvalue weighted by Crippen LogP contribution is 2.18. The van der Waals surface area contributed by atoms with Gasteiger partial charge in [0.2, 0.25) is 0 Å². The van der Waals surface area contributed by atoms with Crippen LogP contribution in [-0.4, -0.2) is 30.1 Å². The second-order valence-electron chi connectivity index (χ2n) is 4.54. The molecular weight excluding hydrogens is 216 g/mol. The summed E-state index contributed by atoms with van der Waals surface area (Å²) in [6, 6.07) is 5.26. The second-order valence-corrected chi connectivity index (χ2v) is 4.54. The molecule has 1 atom stereocenters. The van der Waals surface area contributed by atoms with Gasteiger partial charge >= 0.3 is 0 Å². The molecule has 4 nitrogen and oxygen atoms in total. The Labute approximate surface area is 101 Å². The smallest absolute Gasteiger partial charge is 0.255 e. The number of hydrogen-bond donors (Lipinski definition) is 3. The molecule has 1 fully saturated rings. The lowest BCUT2D eigenvalue weighted by Crippen LogP contribution is -2.45. The summed E-state index contributed by atoms with van der Waals surface area (Å²) in [6.07, 6.45) is 2.07. The minimum atomic E-state index is -0.198. The number of hydrogen-bond acceptors (Lipinski definition) is 3. The largest absolute Gasteiger partial charge is 0.507 e. The maximum atomic E-state index is 11.9. The van der Waals surface area contributed by atoms with Gasteiger partial charge < -0.3 is 15.7 Å². The van der Waals surface area contributed by atoms with Gasteiger partial charge in [0.1, 0.15) is 5.75 Å². The maximum absolute atomic E-state index is 11.9. The third-order valence-electron chi connectivity index (χ3n) is 3.03. The Bertz CT molecular complexity index is 412. The molecule has 92 valence electrons. The van der Waals surface area contributed by atoms with Gasteiger partial charge in [-0.2, -0.15) is 0 Å².